The molecule has 2 rings (SSSR count). The molecular formula is C14H13ClFNO. The molecule has 0 bridgehead atoms. The van der Waals surface area contributed by atoms with Crippen LogP contribution < -0.4 is 10.5 Å². The summed E-state index contributed by atoms with van der Waals surface area (Å²) in [6.07, 6.45) is 0. The zero-order valence-electron chi connectivity index (χ0n) is 9.64. The van der Waals surface area contributed by atoms with Crippen molar-refractivity contribution < 1.29 is 9.13 Å². The van der Waals surface area contributed by atoms with Crippen LogP contribution in [-0.2, 0) is 0 Å². The highest BCUT2D eigenvalue weighted by molar-refractivity contribution is 6.32. The Balaban J connectivity index is 2.00. The lowest BCUT2D eigenvalue weighted by molar-refractivity contribution is 0.290. The Bertz CT molecular complexity index is 533. The maximum Gasteiger partial charge on any atom is 0.137 e. The van der Waals surface area contributed by atoms with Crippen molar-refractivity contribution >= 4 is 11.6 Å². The lowest BCUT2D eigenvalue weighted by atomic mass is 10.1. The molecule has 0 amide bonds. The van der Waals surface area contributed by atoms with Crippen molar-refractivity contribution in [3.63, 3.8) is 0 Å². The quantitative estimate of drug-likeness (QED) is 0.917. The maximum absolute atomic E-state index is 13.0. The van der Waals surface area contributed by atoms with Crippen LogP contribution >= 0.6 is 11.6 Å². The molecule has 2 N–H and O–H groups in total. The van der Waals surface area contributed by atoms with Crippen molar-refractivity contribution in [2.24, 2.45) is 5.73 Å². The predicted octanol–water partition coefficient (Wildman–Crippen LogP) is 3.56. The summed E-state index contributed by atoms with van der Waals surface area (Å²) in [6.45, 7) is 0.243. The number of para-hydroxylation sites is 1. The Labute approximate surface area is 110 Å². The first kappa shape index (κ1) is 12.9. The third-order valence-electron chi connectivity index (χ3n) is 2.53. The normalized spacial score (nSPS) is 12.2. The first-order chi connectivity index (χ1) is 8.66. The van der Waals surface area contributed by atoms with Crippen LogP contribution in [0.1, 0.15) is 11.6 Å². The zero-order valence-corrected chi connectivity index (χ0v) is 10.4. The molecule has 0 aromatic heterocycles. The van der Waals surface area contributed by atoms with Gasteiger partial charge in [-0.2, -0.15) is 0 Å². The summed E-state index contributed by atoms with van der Waals surface area (Å²) in [5.41, 5.74) is 6.62. The average molecular weight is 266 g/mol. The van der Waals surface area contributed by atoms with Gasteiger partial charge in [0.15, 0.2) is 0 Å². The fourth-order valence-electron chi connectivity index (χ4n) is 1.57. The van der Waals surface area contributed by atoms with Crippen LogP contribution in [0.25, 0.3) is 0 Å². The molecule has 1 atom stereocenters. The van der Waals surface area contributed by atoms with E-state index in [-0.39, 0.29) is 12.4 Å². The van der Waals surface area contributed by atoms with Gasteiger partial charge in [-0.3, -0.25) is 0 Å². The van der Waals surface area contributed by atoms with Crippen molar-refractivity contribution in [3.05, 3.63) is 64.9 Å². The average Bonchev–Trinajstić information content (AvgIpc) is 2.37. The van der Waals surface area contributed by atoms with Crippen molar-refractivity contribution in [2.45, 2.75) is 6.04 Å². The summed E-state index contributed by atoms with van der Waals surface area (Å²) in [7, 11) is 0. The van der Waals surface area contributed by atoms with Gasteiger partial charge in [-0.05, 0) is 29.8 Å². The fraction of sp³-hybridized carbons (Fsp3) is 0.143. The van der Waals surface area contributed by atoms with E-state index in [1.54, 1.807) is 24.3 Å². The molecule has 0 saturated heterocycles. The van der Waals surface area contributed by atoms with Crippen LogP contribution in [0.3, 0.4) is 0 Å². The smallest absolute Gasteiger partial charge is 0.137 e. The Morgan fingerprint density at radius 3 is 2.67 bits per heavy atom. The number of ether oxygens (including phenoxy) is 1. The molecule has 0 radical (unpaired) electrons. The molecule has 1 unspecified atom stereocenters. The van der Waals surface area contributed by atoms with E-state index in [0.29, 0.717) is 16.3 Å². The molecule has 4 heteroatoms. The van der Waals surface area contributed by atoms with E-state index in [1.807, 2.05) is 12.1 Å². The molecule has 0 saturated carbocycles. The van der Waals surface area contributed by atoms with Gasteiger partial charge in [0.1, 0.15) is 18.2 Å². The molecule has 2 nitrogen and oxygen atoms in total. The van der Waals surface area contributed by atoms with Gasteiger partial charge in [0.2, 0.25) is 0 Å². The van der Waals surface area contributed by atoms with Crippen molar-refractivity contribution in [1.82, 2.24) is 0 Å². The number of hydrogen-bond donors (Lipinski definition) is 1. The van der Waals surface area contributed by atoms with E-state index in [2.05, 4.69) is 0 Å². The second-order valence-electron chi connectivity index (χ2n) is 3.90. The largest absolute Gasteiger partial charge is 0.490 e. The molecule has 0 aliphatic carbocycles. The number of hydrogen-bond acceptors (Lipinski definition) is 2. The molecule has 2 aromatic rings. The van der Waals surface area contributed by atoms with Gasteiger partial charge >= 0.3 is 0 Å². The number of halogens is 2. The summed E-state index contributed by atoms with van der Waals surface area (Å²) in [4.78, 5) is 0. The minimum atomic E-state index is -0.392. The van der Waals surface area contributed by atoms with Crippen molar-refractivity contribution in [3.8, 4) is 5.75 Å². The molecule has 2 aromatic carbocycles. The highest BCUT2D eigenvalue weighted by Crippen LogP contribution is 2.24. The SMILES string of the molecule is NC(COc1ccccc1Cl)c1cccc(F)c1. The van der Waals surface area contributed by atoms with Crippen LogP contribution in [0.5, 0.6) is 5.75 Å². The predicted molar refractivity (Wildman–Crippen MR) is 70.3 cm³/mol. The van der Waals surface area contributed by atoms with Gasteiger partial charge in [-0.15, -0.1) is 0 Å². The molecule has 0 spiro atoms. The second-order valence-corrected chi connectivity index (χ2v) is 4.31. The second kappa shape index (κ2) is 5.85. The molecule has 94 valence electrons. The number of benzene rings is 2. The fourth-order valence-corrected chi connectivity index (χ4v) is 1.77. The number of nitrogens with two attached hydrogens (primary N) is 1. The Hall–Kier alpha value is -1.58. The summed E-state index contributed by atoms with van der Waals surface area (Å²) in [5.74, 6) is 0.270. The van der Waals surface area contributed by atoms with E-state index in [0.717, 1.165) is 0 Å². The third kappa shape index (κ3) is 3.22. The van der Waals surface area contributed by atoms with Crippen molar-refractivity contribution in [2.75, 3.05) is 6.61 Å². The molecule has 18 heavy (non-hydrogen) atoms. The van der Waals surface area contributed by atoms with Crippen molar-refractivity contribution in [1.29, 1.82) is 0 Å². The van der Waals surface area contributed by atoms with Gasteiger partial charge in [-0.25, -0.2) is 4.39 Å². The summed E-state index contributed by atoms with van der Waals surface area (Å²) in [5, 5.41) is 0.531. The van der Waals surface area contributed by atoms with E-state index in [1.165, 1.54) is 12.1 Å². The summed E-state index contributed by atoms with van der Waals surface area (Å²) in [6, 6.07) is 12.9. The van der Waals surface area contributed by atoms with Crippen LogP contribution in [0.4, 0.5) is 4.39 Å². The lowest BCUT2D eigenvalue weighted by Gasteiger charge is -2.14. The van der Waals surface area contributed by atoms with E-state index in [9.17, 15) is 4.39 Å². The molecule has 0 aliphatic rings. The standard InChI is InChI=1S/C14H13ClFNO/c15-12-6-1-2-7-14(12)18-9-13(17)10-4-3-5-11(16)8-10/h1-8,13H,9,17H2. The first-order valence-electron chi connectivity index (χ1n) is 5.55. The minimum absolute atomic E-state index is 0.243. The first-order valence-corrected chi connectivity index (χ1v) is 5.93. The Morgan fingerprint density at radius 1 is 1.17 bits per heavy atom. The van der Waals surface area contributed by atoms with E-state index in [4.69, 9.17) is 22.1 Å². The zero-order chi connectivity index (χ0) is 13.0. The van der Waals surface area contributed by atoms with Gasteiger partial charge in [0.05, 0.1) is 11.1 Å². The van der Waals surface area contributed by atoms with Crippen LogP contribution in [-0.4, -0.2) is 6.61 Å². The van der Waals surface area contributed by atoms with Gasteiger partial charge in [-0.1, -0.05) is 35.9 Å². The third-order valence-corrected chi connectivity index (χ3v) is 2.84. The van der Waals surface area contributed by atoms with Gasteiger partial charge in [0, 0.05) is 0 Å². The lowest BCUT2D eigenvalue weighted by Crippen LogP contribution is -2.19. The van der Waals surface area contributed by atoms with Gasteiger partial charge < -0.3 is 10.5 Å². The van der Waals surface area contributed by atoms with E-state index >= 15 is 0 Å². The van der Waals surface area contributed by atoms with Crippen LogP contribution in [0, 0.1) is 5.82 Å². The Kier molecular flexibility index (Phi) is 4.18. The molecule has 0 aliphatic heterocycles. The minimum Gasteiger partial charge on any atom is -0.490 e. The van der Waals surface area contributed by atoms with Crippen LogP contribution in [0.2, 0.25) is 5.02 Å². The summed E-state index contributed by atoms with van der Waals surface area (Å²) >= 11 is 5.95. The van der Waals surface area contributed by atoms with Crippen LogP contribution in [0.15, 0.2) is 48.5 Å². The molecule has 0 fully saturated rings. The highest BCUT2D eigenvalue weighted by atomic mass is 35.5. The van der Waals surface area contributed by atoms with Gasteiger partial charge in [0.25, 0.3) is 0 Å². The number of rotatable bonds is 4. The molecule has 0 heterocycles. The Morgan fingerprint density at radius 2 is 1.94 bits per heavy atom. The summed E-state index contributed by atoms with van der Waals surface area (Å²) < 4.78 is 18.6. The maximum atomic E-state index is 13.0. The molecular weight excluding hydrogens is 253 g/mol. The van der Waals surface area contributed by atoms with E-state index < -0.39 is 6.04 Å². The highest BCUT2D eigenvalue weighted by Gasteiger charge is 2.09. The monoisotopic (exact) mass is 265 g/mol. The topological polar surface area (TPSA) is 35.2 Å².